The first kappa shape index (κ1) is 16.5. The Balaban J connectivity index is 2.83. The van der Waals surface area contributed by atoms with Gasteiger partial charge < -0.3 is 10.5 Å². The van der Waals surface area contributed by atoms with E-state index in [0.29, 0.717) is 6.61 Å². The number of ether oxygens (including phenoxy) is 1. The minimum atomic E-state index is -0.184. The van der Waals surface area contributed by atoms with Gasteiger partial charge in [-0.15, -0.1) is 0 Å². The van der Waals surface area contributed by atoms with Crippen LogP contribution in [0, 0.1) is 0 Å². The molecule has 0 fully saturated rings. The lowest BCUT2D eigenvalue weighted by Crippen LogP contribution is -2.41. The predicted octanol–water partition coefficient (Wildman–Crippen LogP) is 2.82. The lowest BCUT2D eigenvalue weighted by molar-refractivity contribution is -0.150. The normalized spacial score (nSPS) is 12.4. The number of carbonyl (C=O) groups excluding carboxylic acids is 1. The molecule has 0 aliphatic carbocycles. The van der Waals surface area contributed by atoms with Crippen LogP contribution in [0.15, 0.2) is 24.3 Å². The van der Waals surface area contributed by atoms with E-state index in [2.05, 4.69) is 11.8 Å². The smallest absolute Gasteiger partial charge is 0.323 e. The van der Waals surface area contributed by atoms with Crippen LogP contribution in [0.25, 0.3) is 0 Å². The van der Waals surface area contributed by atoms with Crippen LogP contribution in [0.3, 0.4) is 0 Å². The van der Waals surface area contributed by atoms with Crippen molar-refractivity contribution in [1.29, 1.82) is 0 Å². The van der Waals surface area contributed by atoms with E-state index in [1.807, 2.05) is 38.1 Å². The van der Waals surface area contributed by atoms with Crippen LogP contribution in [0.4, 0.5) is 5.69 Å². The monoisotopic (exact) mass is 278 g/mol. The summed E-state index contributed by atoms with van der Waals surface area (Å²) in [7, 11) is 0. The van der Waals surface area contributed by atoms with Crippen LogP contribution in [0.5, 0.6) is 0 Å². The summed E-state index contributed by atoms with van der Waals surface area (Å²) in [6.45, 7) is 7.98. The Morgan fingerprint density at radius 2 is 2.10 bits per heavy atom. The van der Waals surface area contributed by atoms with Crippen molar-refractivity contribution in [3.8, 4) is 0 Å². The molecule has 1 aromatic carbocycles. The first-order valence-corrected chi connectivity index (χ1v) is 7.37. The summed E-state index contributed by atoms with van der Waals surface area (Å²) in [5, 5.41) is 0. The van der Waals surface area contributed by atoms with Gasteiger partial charge in [-0.05, 0) is 44.0 Å². The molecule has 1 aromatic rings. The topological polar surface area (TPSA) is 55.6 Å². The van der Waals surface area contributed by atoms with E-state index in [4.69, 9.17) is 10.5 Å². The highest BCUT2D eigenvalue weighted by atomic mass is 16.5. The number of hydrogen-bond acceptors (Lipinski definition) is 4. The standard InChI is InChI=1S/C16H26N2O2/c1-4-10-18(15(5-2)16(19)20-6-3)12-13-8-7-9-14(17)11-13/h7-9,11,15H,4-6,10,12,17H2,1-3H3. The molecule has 0 aliphatic heterocycles. The molecule has 0 bridgehead atoms. The molecule has 1 rings (SSSR count). The zero-order valence-electron chi connectivity index (χ0n) is 12.8. The highest BCUT2D eigenvalue weighted by Crippen LogP contribution is 2.15. The highest BCUT2D eigenvalue weighted by molar-refractivity contribution is 5.75. The average Bonchev–Trinajstić information content (AvgIpc) is 2.40. The third kappa shape index (κ3) is 4.85. The minimum absolute atomic E-state index is 0.132. The molecule has 0 heterocycles. The van der Waals surface area contributed by atoms with E-state index >= 15 is 0 Å². The SMILES string of the molecule is CCCN(Cc1cccc(N)c1)C(CC)C(=O)OCC. The molecule has 0 saturated carbocycles. The van der Waals surface area contributed by atoms with Gasteiger partial charge in [-0.25, -0.2) is 0 Å². The van der Waals surface area contributed by atoms with Gasteiger partial charge in [0.2, 0.25) is 0 Å². The molecular formula is C16H26N2O2. The Morgan fingerprint density at radius 3 is 2.65 bits per heavy atom. The van der Waals surface area contributed by atoms with Crippen molar-refractivity contribution in [2.75, 3.05) is 18.9 Å². The fourth-order valence-corrected chi connectivity index (χ4v) is 2.37. The molecule has 112 valence electrons. The zero-order chi connectivity index (χ0) is 15.0. The Morgan fingerprint density at radius 1 is 1.35 bits per heavy atom. The van der Waals surface area contributed by atoms with Crippen LogP contribution in [0.2, 0.25) is 0 Å². The van der Waals surface area contributed by atoms with Crippen molar-refractivity contribution in [1.82, 2.24) is 4.90 Å². The molecule has 4 heteroatoms. The van der Waals surface area contributed by atoms with Crippen molar-refractivity contribution in [3.63, 3.8) is 0 Å². The maximum Gasteiger partial charge on any atom is 0.323 e. The van der Waals surface area contributed by atoms with Gasteiger partial charge in [-0.2, -0.15) is 0 Å². The molecule has 1 unspecified atom stereocenters. The zero-order valence-corrected chi connectivity index (χ0v) is 12.8. The number of nitrogen functional groups attached to an aromatic ring is 1. The first-order chi connectivity index (χ1) is 9.62. The van der Waals surface area contributed by atoms with Gasteiger partial charge in [0, 0.05) is 12.2 Å². The first-order valence-electron chi connectivity index (χ1n) is 7.37. The molecule has 0 amide bonds. The van der Waals surface area contributed by atoms with Gasteiger partial charge >= 0.3 is 5.97 Å². The second kappa shape index (κ2) is 8.59. The third-order valence-corrected chi connectivity index (χ3v) is 3.23. The van der Waals surface area contributed by atoms with Gasteiger partial charge in [-0.1, -0.05) is 26.0 Å². The number of nitrogens with zero attached hydrogens (tertiary/aromatic N) is 1. The maximum atomic E-state index is 12.1. The number of rotatable bonds is 8. The number of anilines is 1. The summed E-state index contributed by atoms with van der Waals surface area (Å²) >= 11 is 0. The van der Waals surface area contributed by atoms with Gasteiger partial charge in [0.1, 0.15) is 6.04 Å². The molecule has 4 nitrogen and oxygen atoms in total. The molecular weight excluding hydrogens is 252 g/mol. The Bertz CT molecular complexity index is 421. The Hall–Kier alpha value is -1.55. The van der Waals surface area contributed by atoms with Gasteiger partial charge in [0.15, 0.2) is 0 Å². The molecule has 0 saturated heterocycles. The molecule has 20 heavy (non-hydrogen) atoms. The summed E-state index contributed by atoms with van der Waals surface area (Å²) < 4.78 is 5.18. The third-order valence-electron chi connectivity index (χ3n) is 3.23. The summed E-state index contributed by atoms with van der Waals surface area (Å²) in [5.41, 5.74) is 7.69. The largest absolute Gasteiger partial charge is 0.465 e. The van der Waals surface area contributed by atoms with Crippen LogP contribution in [0.1, 0.15) is 39.2 Å². The molecule has 0 aromatic heterocycles. The number of carbonyl (C=O) groups is 1. The number of esters is 1. The number of nitrogens with two attached hydrogens (primary N) is 1. The molecule has 0 radical (unpaired) electrons. The van der Waals surface area contributed by atoms with E-state index in [0.717, 1.165) is 37.2 Å². The molecule has 0 spiro atoms. The van der Waals surface area contributed by atoms with E-state index in [-0.39, 0.29) is 12.0 Å². The quantitative estimate of drug-likeness (QED) is 0.587. The van der Waals surface area contributed by atoms with Crippen LogP contribution >= 0.6 is 0 Å². The van der Waals surface area contributed by atoms with Crippen molar-refractivity contribution in [2.24, 2.45) is 0 Å². The van der Waals surface area contributed by atoms with Crippen molar-refractivity contribution in [3.05, 3.63) is 29.8 Å². The summed E-state index contributed by atoms with van der Waals surface area (Å²) in [6.07, 6.45) is 1.75. The molecule has 1 atom stereocenters. The average molecular weight is 278 g/mol. The van der Waals surface area contributed by atoms with Crippen LogP contribution in [-0.2, 0) is 16.1 Å². The van der Waals surface area contributed by atoms with E-state index in [1.165, 1.54) is 0 Å². The van der Waals surface area contributed by atoms with Gasteiger partial charge in [-0.3, -0.25) is 9.69 Å². The maximum absolute atomic E-state index is 12.1. The van der Waals surface area contributed by atoms with E-state index < -0.39 is 0 Å². The second-order valence-electron chi connectivity index (χ2n) is 4.89. The fourth-order valence-electron chi connectivity index (χ4n) is 2.37. The summed E-state index contributed by atoms with van der Waals surface area (Å²) in [4.78, 5) is 14.2. The van der Waals surface area contributed by atoms with Gasteiger partial charge in [0.05, 0.1) is 6.61 Å². The molecule has 2 N–H and O–H groups in total. The second-order valence-corrected chi connectivity index (χ2v) is 4.89. The highest BCUT2D eigenvalue weighted by Gasteiger charge is 2.24. The minimum Gasteiger partial charge on any atom is -0.465 e. The lowest BCUT2D eigenvalue weighted by atomic mass is 10.1. The van der Waals surface area contributed by atoms with E-state index in [1.54, 1.807) is 0 Å². The molecule has 0 aliphatic rings. The van der Waals surface area contributed by atoms with E-state index in [9.17, 15) is 4.79 Å². The number of benzene rings is 1. The Kier molecular flexibility index (Phi) is 7.09. The van der Waals surface area contributed by atoms with Gasteiger partial charge in [0.25, 0.3) is 0 Å². The van der Waals surface area contributed by atoms with Crippen molar-refractivity contribution in [2.45, 2.75) is 46.2 Å². The van der Waals surface area contributed by atoms with Crippen molar-refractivity contribution >= 4 is 11.7 Å². The summed E-state index contributed by atoms with van der Waals surface area (Å²) in [5.74, 6) is -0.132. The predicted molar refractivity (Wildman–Crippen MR) is 82.3 cm³/mol. The van der Waals surface area contributed by atoms with Crippen molar-refractivity contribution < 1.29 is 9.53 Å². The summed E-state index contributed by atoms with van der Waals surface area (Å²) in [6, 6.07) is 7.63. The van der Waals surface area contributed by atoms with Crippen LogP contribution < -0.4 is 5.73 Å². The fraction of sp³-hybridized carbons (Fsp3) is 0.562. The lowest BCUT2D eigenvalue weighted by Gasteiger charge is -2.29. The number of hydrogen-bond donors (Lipinski definition) is 1. The Labute approximate surface area is 121 Å². The van der Waals surface area contributed by atoms with Crippen LogP contribution in [-0.4, -0.2) is 30.1 Å².